The number of benzene rings is 1. The standard InChI is InChI=1S/C23H27N5O2/c29-23(16-3-5-21(6-4-16)28-7-9-30-10-8-28)27-22-12-19-11-17(20-14-25-26-15-20)1-2-18(19)13-24-22/h1-2,11-16,21H,3-10H2,(H,25,26)(H,24,27,29). The first kappa shape index (κ1) is 19.2. The molecular formula is C23H27N5O2. The summed E-state index contributed by atoms with van der Waals surface area (Å²) in [6.45, 7) is 3.69. The van der Waals surface area contributed by atoms with Crippen molar-refractivity contribution in [1.29, 1.82) is 0 Å². The van der Waals surface area contributed by atoms with Crippen LogP contribution < -0.4 is 5.32 Å². The average molecular weight is 406 g/mol. The number of aromatic amines is 1. The molecule has 2 N–H and O–H groups in total. The molecule has 2 fully saturated rings. The predicted molar refractivity (Wildman–Crippen MR) is 116 cm³/mol. The molecule has 0 atom stereocenters. The van der Waals surface area contributed by atoms with Crippen LogP contribution in [0, 0.1) is 5.92 Å². The maximum absolute atomic E-state index is 12.8. The number of nitrogens with zero attached hydrogens (tertiary/aromatic N) is 3. The molecule has 1 aliphatic carbocycles. The van der Waals surface area contributed by atoms with Crippen molar-refractivity contribution in [2.24, 2.45) is 5.92 Å². The molecule has 7 heteroatoms. The van der Waals surface area contributed by atoms with E-state index in [4.69, 9.17) is 4.74 Å². The van der Waals surface area contributed by atoms with Crippen LogP contribution in [0.3, 0.4) is 0 Å². The average Bonchev–Trinajstić information content (AvgIpc) is 3.34. The highest BCUT2D eigenvalue weighted by Gasteiger charge is 2.30. The van der Waals surface area contributed by atoms with Gasteiger partial charge in [0.15, 0.2) is 0 Å². The van der Waals surface area contributed by atoms with Gasteiger partial charge in [0, 0.05) is 48.4 Å². The molecule has 0 spiro atoms. The summed E-state index contributed by atoms with van der Waals surface area (Å²) in [5.41, 5.74) is 2.12. The number of anilines is 1. The van der Waals surface area contributed by atoms with Gasteiger partial charge in [-0.15, -0.1) is 0 Å². The quantitative estimate of drug-likeness (QED) is 0.695. The first-order chi connectivity index (χ1) is 14.8. The van der Waals surface area contributed by atoms with Gasteiger partial charge in [-0.3, -0.25) is 14.8 Å². The van der Waals surface area contributed by atoms with E-state index in [0.717, 1.165) is 73.9 Å². The zero-order valence-electron chi connectivity index (χ0n) is 17.0. The highest BCUT2D eigenvalue weighted by molar-refractivity contribution is 5.95. The maximum atomic E-state index is 12.8. The van der Waals surface area contributed by atoms with E-state index in [0.29, 0.717) is 11.9 Å². The molecule has 1 aromatic carbocycles. The Kier molecular flexibility index (Phi) is 5.46. The van der Waals surface area contributed by atoms with Crippen LogP contribution in [0.25, 0.3) is 21.9 Å². The molecule has 5 rings (SSSR count). The van der Waals surface area contributed by atoms with Gasteiger partial charge in [0.05, 0.1) is 19.4 Å². The number of rotatable bonds is 4. The second-order valence-corrected chi connectivity index (χ2v) is 8.26. The molecule has 1 saturated carbocycles. The lowest BCUT2D eigenvalue weighted by molar-refractivity contribution is -0.121. The lowest BCUT2D eigenvalue weighted by Gasteiger charge is -2.38. The van der Waals surface area contributed by atoms with Gasteiger partial charge in [-0.1, -0.05) is 12.1 Å². The Bertz CT molecular complexity index is 1010. The van der Waals surface area contributed by atoms with E-state index in [1.54, 1.807) is 6.20 Å². The zero-order valence-corrected chi connectivity index (χ0v) is 17.0. The minimum atomic E-state index is 0.0667. The molecular weight excluding hydrogens is 378 g/mol. The third-order valence-corrected chi connectivity index (χ3v) is 6.43. The number of amides is 1. The largest absolute Gasteiger partial charge is 0.379 e. The van der Waals surface area contributed by atoms with Crippen LogP contribution in [0.15, 0.2) is 42.9 Å². The third kappa shape index (κ3) is 4.08. The summed E-state index contributed by atoms with van der Waals surface area (Å²) < 4.78 is 5.46. The molecule has 2 aromatic heterocycles. The lowest BCUT2D eigenvalue weighted by atomic mass is 9.84. The smallest absolute Gasteiger partial charge is 0.228 e. The fourth-order valence-corrected chi connectivity index (χ4v) is 4.67. The molecule has 7 nitrogen and oxygen atoms in total. The monoisotopic (exact) mass is 405 g/mol. The van der Waals surface area contributed by atoms with Crippen molar-refractivity contribution in [3.8, 4) is 11.1 Å². The van der Waals surface area contributed by atoms with Crippen molar-refractivity contribution in [2.75, 3.05) is 31.6 Å². The zero-order chi connectivity index (χ0) is 20.3. The number of fused-ring (bicyclic) bond motifs is 1. The number of aromatic nitrogens is 3. The van der Waals surface area contributed by atoms with E-state index in [1.807, 2.05) is 24.5 Å². The number of carbonyl (C=O) groups excluding carboxylic acids is 1. The summed E-state index contributed by atoms with van der Waals surface area (Å²) in [6, 6.07) is 8.75. The molecule has 1 saturated heterocycles. The Morgan fingerprint density at radius 3 is 2.63 bits per heavy atom. The maximum Gasteiger partial charge on any atom is 0.228 e. The van der Waals surface area contributed by atoms with E-state index in [1.165, 1.54) is 0 Å². The van der Waals surface area contributed by atoms with Gasteiger partial charge in [-0.25, -0.2) is 4.98 Å². The van der Waals surface area contributed by atoms with E-state index in [-0.39, 0.29) is 11.8 Å². The summed E-state index contributed by atoms with van der Waals surface area (Å²) in [5, 5.41) is 12.0. The number of H-pyrrole nitrogens is 1. The van der Waals surface area contributed by atoms with E-state index in [9.17, 15) is 4.79 Å². The number of hydrogen-bond donors (Lipinski definition) is 2. The van der Waals surface area contributed by atoms with Crippen molar-refractivity contribution >= 4 is 22.5 Å². The number of morpholine rings is 1. The molecule has 3 aromatic rings. The molecule has 3 heterocycles. The predicted octanol–water partition coefficient (Wildman–Crippen LogP) is 3.45. The minimum Gasteiger partial charge on any atom is -0.379 e. The molecule has 30 heavy (non-hydrogen) atoms. The van der Waals surface area contributed by atoms with Crippen molar-refractivity contribution in [3.63, 3.8) is 0 Å². The van der Waals surface area contributed by atoms with E-state index < -0.39 is 0 Å². The van der Waals surface area contributed by atoms with Crippen LogP contribution in [-0.2, 0) is 9.53 Å². The molecule has 0 unspecified atom stereocenters. The van der Waals surface area contributed by atoms with Crippen LogP contribution in [0.2, 0.25) is 0 Å². The summed E-state index contributed by atoms with van der Waals surface area (Å²) in [6.07, 6.45) is 9.53. The Hall–Kier alpha value is -2.77. The fraction of sp³-hybridized carbons (Fsp3) is 0.435. The van der Waals surface area contributed by atoms with Gasteiger partial charge < -0.3 is 10.1 Å². The highest BCUT2D eigenvalue weighted by atomic mass is 16.5. The van der Waals surface area contributed by atoms with Crippen LogP contribution >= 0.6 is 0 Å². The van der Waals surface area contributed by atoms with E-state index >= 15 is 0 Å². The summed E-state index contributed by atoms with van der Waals surface area (Å²) >= 11 is 0. The van der Waals surface area contributed by atoms with Crippen molar-refractivity contribution in [1.82, 2.24) is 20.1 Å². The van der Waals surface area contributed by atoms with Gasteiger partial charge in [-0.2, -0.15) is 5.10 Å². The normalized spacial score (nSPS) is 22.8. The van der Waals surface area contributed by atoms with Gasteiger partial charge in [0.25, 0.3) is 0 Å². The summed E-state index contributed by atoms with van der Waals surface area (Å²) in [5.74, 6) is 0.775. The van der Waals surface area contributed by atoms with Gasteiger partial charge in [0.2, 0.25) is 5.91 Å². The lowest BCUT2D eigenvalue weighted by Crippen LogP contribution is -2.45. The molecule has 2 aliphatic rings. The second kappa shape index (κ2) is 8.53. The number of nitrogens with one attached hydrogen (secondary N) is 2. The fourth-order valence-electron chi connectivity index (χ4n) is 4.67. The molecule has 0 radical (unpaired) electrons. The Morgan fingerprint density at radius 1 is 1.03 bits per heavy atom. The van der Waals surface area contributed by atoms with E-state index in [2.05, 4.69) is 37.5 Å². The number of hydrogen-bond acceptors (Lipinski definition) is 5. The number of carbonyl (C=O) groups is 1. The highest BCUT2D eigenvalue weighted by Crippen LogP contribution is 2.30. The Balaban J connectivity index is 1.23. The van der Waals surface area contributed by atoms with Crippen LogP contribution in [0.4, 0.5) is 5.82 Å². The van der Waals surface area contributed by atoms with Gasteiger partial charge >= 0.3 is 0 Å². The molecule has 156 valence electrons. The summed E-state index contributed by atoms with van der Waals surface area (Å²) in [7, 11) is 0. The molecule has 1 amide bonds. The second-order valence-electron chi connectivity index (χ2n) is 8.26. The minimum absolute atomic E-state index is 0.0667. The van der Waals surface area contributed by atoms with Gasteiger partial charge in [-0.05, 0) is 48.8 Å². The summed E-state index contributed by atoms with van der Waals surface area (Å²) in [4.78, 5) is 19.8. The van der Waals surface area contributed by atoms with Crippen LogP contribution in [-0.4, -0.2) is 58.3 Å². The van der Waals surface area contributed by atoms with Crippen molar-refractivity contribution in [3.05, 3.63) is 42.9 Å². The van der Waals surface area contributed by atoms with Crippen molar-refractivity contribution in [2.45, 2.75) is 31.7 Å². The first-order valence-corrected chi connectivity index (χ1v) is 10.8. The number of pyridine rings is 1. The molecule has 1 aliphatic heterocycles. The Labute approximate surface area is 175 Å². The SMILES string of the molecule is O=C(Nc1cc2cc(-c3cn[nH]c3)ccc2cn1)C1CCC(N2CCOCC2)CC1. The van der Waals surface area contributed by atoms with Crippen LogP contribution in [0.5, 0.6) is 0 Å². The van der Waals surface area contributed by atoms with Gasteiger partial charge in [0.1, 0.15) is 5.82 Å². The van der Waals surface area contributed by atoms with Crippen LogP contribution in [0.1, 0.15) is 25.7 Å². The topological polar surface area (TPSA) is 83.1 Å². The molecule has 0 bridgehead atoms. The van der Waals surface area contributed by atoms with Crippen molar-refractivity contribution < 1.29 is 9.53 Å². The Morgan fingerprint density at radius 2 is 1.87 bits per heavy atom. The first-order valence-electron chi connectivity index (χ1n) is 10.8. The third-order valence-electron chi connectivity index (χ3n) is 6.43. The number of ether oxygens (including phenoxy) is 1.